The van der Waals surface area contributed by atoms with Gasteiger partial charge in [0, 0.05) is 19.0 Å². The molecule has 0 unspecified atom stereocenters. The summed E-state index contributed by atoms with van der Waals surface area (Å²) in [5, 5.41) is 5.64. The van der Waals surface area contributed by atoms with Crippen molar-refractivity contribution in [2.75, 3.05) is 26.0 Å². The predicted molar refractivity (Wildman–Crippen MR) is 300 cm³/mol. The number of thioether (sulfide) groups is 1. The minimum Gasteiger partial charge on any atom is -0.468 e. The highest BCUT2D eigenvalue weighted by Gasteiger charge is 2.37. The minimum absolute atomic E-state index is 0.00208. The first kappa shape index (κ1) is 57.2. The van der Waals surface area contributed by atoms with Crippen molar-refractivity contribution >= 4 is 35.7 Å². The van der Waals surface area contributed by atoms with E-state index in [1.54, 1.807) is 54.8 Å². The van der Waals surface area contributed by atoms with E-state index in [4.69, 9.17) is 19.2 Å². The van der Waals surface area contributed by atoms with Gasteiger partial charge < -0.3 is 24.8 Å². The highest BCUT2D eigenvalue weighted by molar-refractivity contribution is 8.00. The lowest BCUT2D eigenvalue weighted by atomic mass is 9.84. The molecule has 2 amide bonds. The molecule has 0 spiro atoms. The van der Waals surface area contributed by atoms with Gasteiger partial charge in [-0.25, -0.2) is 9.59 Å². The van der Waals surface area contributed by atoms with Crippen molar-refractivity contribution in [2.45, 2.75) is 75.3 Å². The van der Waals surface area contributed by atoms with Crippen molar-refractivity contribution in [1.82, 2.24) is 20.5 Å². The van der Waals surface area contributed by atoms with Crippen molar-refractivity contribution in [3.05, 3.63) is 244 Å². The molecule has 0 fully saturated rings. The number of fused-ring (bicyclic) bond motifs is 3. The number of methoxy groups -OCH3 is 1. The van der Waals surface area contributed by atoms with Gasteiger partial charge in [0.25, 0.3) is 0 Å². The lowest BCUT2D eigenvalue weighted by molar-refractivity contribution is -0.151. The van der Waals surface area contributed by atoms with Gasteiger partial charge >= 0.3 is 24.2 Å². The second kappa shape index (κ2) is 27.0. The zero-order valence-corrected chi connectivity index (χ0v) is 45.1. The van der Waals surface area contributed by atoms with Gasteiger partial charge in [-0.2, -0.15) is 13.2 Å². The predicted octanol–water partition coefficient (Wildman–Crippen LogP) is 12.4. The number of halogens is 3. The minimum atomic E-state index is -4.49. The van der Waals surface area contributed by atoms with Crippen LogP contribution in [0.25, 0.3) is 11.1 Å². The summed E-state index contributed by atoms with van der Waals surface area (Å²) in [6.07, 6.45) is -2.40. The van der Waals surface area contributed by atoms with Gasteiger partial charge in [0.2, 0.25) is 5.91 Å². The maximum Gasteiger partial charge on any atom is 0.416 e. The number of esters is 2. The standard InChI is InChI=1S/C64H63F3N4O7S/c1-44(2)60(70-62(75)77-43-57-55-31-15-13-29-53(55)54-30-14-16-32-56(54)57)61(74)78-52(28-17-18-37-79-63(46-20-7-4-8-21-46,47-22-9-5-10-23-47)48-24-11-6-12-25-48)38-58(72)68-39-50-26-19-27-51(69-50)41-71(42-59(73)76-3)40-45-33-35-49(36-34-45)64(65,66)67/h4-17,19-36,44,52,57,60H,18,37-43H2,1-3H3,(H,68,72)(H,70,75)/b28-17+/t52-,60-/m1/s1. The van der Waals surface area contributed by atoms with Gasteiger partial charge in [-0.3, -0.25) is 19.5 Å². The van der Waals surface area contributed by atoms with Crippen LogP contribution in [-0.2, 0) is 59.2 Å². The fourth-order valence-electron chi connectivity index (χ4n) is 9.79. The van der Waals surface area contributed by atoms with Crippen molar-refractivity contribution in [1.29, 1.82) is 0 Å². The molecule has 1 aliphatic carbocycles. The quantitative estimate of drug-likeness (QED) is 0.0198. The van der Waals surface area contributed by atoms with Crippen LogP contribution in [0.15, 0.2) is 194 Å². The van der Waals surface area contributed by atoms with E-state index in [-0.39, 0.29) is 45.1 Å². The van der Waals surface area contributed by atoms with Gasteiger partial charge in [-0.15, -0.1) is 11.8 Å². The Labute approximate surface area is 463 Å². The van der Waals surface area contributed by atoms with Crippen LogP contribution < -0.4 is 10.6 Å². The molecule has 0 bridgehead atoms. The lowest BCUT2D eigenvalue weighted by Gasteiger charge is -2.35. The summed E-state index contributed by atoms with van der Waals surface area (Å²) < 4.78 is 56.1. The van der Waals surface area contributed by atoms with Gasteiger partial charge in [-0.05, 0) is 92.9 Å². The maximum absolute atomic E-state index is 14.2. The molecular formula is C64H63F3N4O7S. The molecule has 1 heterocycles. The van der Waals surface area contributed by atoms with E-state index < -0.39 is 58.5 Å². The van der Waals surface area contributed by atoms with Crippen molar-refractivity contribution in [3.63, 3.8) is 0 Å². The molecule has 0 saturated heterocycles. The van der Waals surface area contributed by atoms with Gasteiger partial charge in [0.15, 0.2) is 0 Å². The Morgan fingerprint density at radius 1 is 0.684 bits per heavy atom. The number of amides is 2. The highest BCUT2D eigenvalue weighted by atomic mass is 32.2. The molecule has 15 heteroatoms. The molecule has 1 aromatic heterocycles. The highest BCUT2D eigenvalue weighted by Crippen LogP contribution is 2.49. The SMILES string of the molecule is COC(=O)CN(Cc1ccc(C(F)(F)F)cc1)Cc1cccc(CNC(=O)C[C@@H](/C=C/CCSC(c2ccccc2)(c2ccccc2)c2ccccc2)OC(=O)[C@H](NC(=O)OCC2c3ccccc3-c3ccccc32)C(C)C)n1. The summed E-state index contributed by atoms with van der Waals surface area (Å²) in [6.45, 7) is 3.75. The molecular weight excluding hydrogens is 1030 g/mol. The number of hydrogen-bond acceptors (Lipinski definition) is 10. The number of carbonyl (C=O) groups excluding carboxylic acids is 4. The Kier molecular flexibility index (Phi) is 19.6. The topological polar surface area (TPSA) is 136 Å². The molecule has 6 aromatic carbocycles. The van der Waals surface area contributed by atoms with E-state index >= 15 is 0 Å². The molecule has 0 radical (unpaired) electrons. The monoisotopic (exact) mass is 1090 g/mol. The number of alkyl carbamates (subject to hydrolysis) is 1. The second-order valence-corrected chi connectivity index (χ2v) is 20.8. The first-order valence-electron chi connectivity index (χ1n) is 26.2. The number of pyridine rings is 1. The zero-order chi connectivity index (χ0) is 55.8. The fraction of sp³-hybridized carbons (Fsp3) is 0.266. The number of nitrogens with one attached hydrogen (secondary N) is 2. The van der Waals surface area contributed by atoms with E-state index in [0.717, 1.165) is 51.1 Å². The first-order valence-corrected chi connectivity index (χ1v) is 27.2. The van der Waals surface area contributed by atoms with Crippen LogP contribution in [0.2, 0.25) is 0 Å². The Balaban J connectivity index is 0.962. The van der Waals surface area contributed by atoms with Crippen molar-refractivity contribution in [3.8, 4) is 11.1 Å². The van der Waals surface area contributed by atoms with E-state index in [1.807, 2.05) is 97.1 Å². The zero-order valence-electron chi connectivity index (χ0n) is 44.2. The molecule has 0 aliphatic heterocycles. The smallest absolute Gasteiger partial charge is 0.416 e. The van der Waals surface area contributed by atoms with E-state index in [0.29, 0.717) is 29.1 Å². The molecule has 2 N–H and O–H groups in total. The van der Waals surface area contributed by atoms with E-state index in [9.17, 15) is 32.3 Å². The molecule has 0 saturated carbocycles. The maximum atomic E-state index is 14.2. The van der Waals surface area contributed by atoms with Crippen LogP contribution in [0, 0.1) is 5.92 Å². The van der Waals surface area contributed by atoms with Crippen LogP contribution in [0.5, 0.6) is 0 Å². The second-order valence-electron chi connectivity index (χ2n) is 19.5. The third kappa shape index (κ3) is 15.0. The lowest BCUT2D eigenvalue weighted by Crippen LogP contribution is -2.47. The Morgan fingerprint density at radius 2 is 1.24 bits per heavy atom. The van der Waals surface area contributed by atoms with Crippen LogP contribution >= 0.6 is 11.8 Å². The Bertz CT molecular complexity index is 3040. The number of ether oxygens (including phenoxy) is 3. The fourth-order valence-corrected chi connectivity index (χ4v) is 11.3. The van der Waals surface area contributed by atoms with Gasteiger partial charge in [0.05, 0.1) is 48.3 Å². The third-order valence-corrected chi connectivity index (χ3v) is 15.3. The third-order valence-electron chi connectivity index (χ3n) is 13.7. The molecule has 7 aromatic rings. The summed E-state index contributed by atoms with van der Waals surface area (Å²) >= 11 is 1.78. The summed E-state index contributed by atoms with van der Waals surface area (Å²) in [6, 6.07) is 55.9. The van der Waals surface area contributed by atoms with E-state index in [2.05, 4.69) is 59.2 Å². The molecule has 79 heavy (non-hydrogen) atoms. The summed E-state index contributed by atoms with van der Waals surface area (Å²) in [7, 11) is 1.25. The number of hydrogen-bond donors (Lipinski definition) is 2. The van der Waals surface area contributed by atoms with Crippen molar-refractivity contribution < 1.29 is 46.6 Å². The van der Waals surface area contributed by atoms with Crippen LogP contribution in [0.1, 0.15) is 82.9 Å². The molecule has 408 valence electrons. The summed E-state index contributed by atoms with van der Waals surface area (Å²) in [4.78, 5) is 60.4. The van der Waals surface area contributed by atoms with Crippen LogP contribution in [-0.4, -0.2) is 72.0 Å². The number of allylic oxidation sites excluding steroid dienone is 1. The Hall–Kier alpha value is -8.01. The molecule has 11 nitrogen and oxygen atoms in total. The van der Waals surface area contributed by atoms with Crippen molar-refractivity contribution in [2.24, 2.45) is 5.92 Å². The van der Waals surface area contributed by atoms with Crippen LogP contribution in [0.4, 0.5) is 18.0 Å². The number of carbonyl (C=O) groups is 4. The number of benzene rings is 6. The first-order chi connectivity index (χ1) is 38.2. The number of nitrogens with zero attached hydrogens (tertiary/aromatic N) is 2. The van der Waals surface area contributed by atoms with Gasteiger partial charge in [-0.1, -0.05) is 178 Å². The number of rotatable bonds is 24. The normalized spacial score (nSPS) is 13.1. The molecule has 2 atom stereocenters. The summed E-state index contributed by atoms with van der Waals surface area (Å²) in [5.41, 5.74) is 8.42. The Morgan fingerprint density at radius 3 is 1.80 bits per heavy atom. The largest absolute Gasteiger partial charge is 0.468 e. The average Bonchev–Trinajstić information content (AvgIpc) is 3.99. The number of alkyl halides is 3. The number of aromatic nitrogens is 1. The molecule has 1 aliphatic rings. The average molecular weight is 1090 g/mol. The molecule has 8 rings (SSSR count). The summed E-state index contributed by atoms with van der Waals surface area (Å²) in [5.74, 6) is -1.68. The van der Waals surface area contributed by atoms with Gasteiger partial charge in [0.1, 0.15) is 18.8 Å². The van der Waals surface area contributed by atoms with Crippen LogP contribution in [0.3, 0.4) is 0 Å². The van der Waals surface area contributed by atoms with E-state index in [1.165, 1.54) is 19.2 Å².